The molecule has 0 amide bonds. The summed E-state index contributed by atoms with van der Waals surface area (Å²) in [5, 5.41) is 11.5. The molecule has 0 aliphatic carbocycles. The van der Waals surface area contributed by atoms with Crippen molar-refractivity contribution in [1.29, 1.82) is 5.41 Å². The number of hydrogen-bond acceptors (Lipinski definition) is 6. The molecule has 3 heterocycles. The van der Waals surface area contributed by atoms with Crippen LogP contribution in [-0.2, 0) is 0 Å². The molecular weight excluding hydrogens is 369 g/mol. The highest BCUT2D eigenvalue weighted by atomic mass is 19.1. The summed E-state index contributed by atoms with van der Waals surface area (Å²) in [5.74, 6) is 0.130. The highest BCUT2D eigenvalue weighted by molar-refractivity contribution is 6.14. The van der Waals surface area contributed by atoms with E-state index in [1.165, 1.54) is 38.2 Å². The zero-order valence-corrected chi connectivity index (χ0v) is 16.3. The van der Waals surface area contributed by atoms with Crippen molar-refractivity contribution in [1.82, 2.24) is 15.3 Å². The molecule has 0 atom stereocenters. The van der Waals surface area contributed by atoms with Crippen molar-refractivity contribution in [3.05, 3.63) is 71.9 Å². The van der Waals surface area contributed by atoms with E-state index in [0.29, 0.717) is 28.3 Å². The first kappa shape index (κ1) is 20.4. The largest absolute Gasteiger partial charge is 0.496 e. The Hall–Kier alpha value is -3.32. The summed E-state index contributed by atoms with van der Waals surface area (Å²) in [6, 6.07) is 9.47. The lowest BCUT2D eigenvalue weighted by Gasteiger charge is -2.12. The van der Waals surface area contributed by atoms with Crippen LogP contribution in [0, 0.1) is 11.2 Å². The van der Waals surface area contributed by atoms with Crippen molar-refractivity contribution in [3.8, 4) is 17.0 Å². The van der Waals surface area contributed by atoms with Gasteiger partial charge in [-0.05, 0) is 50.2 Å². The van der Waals surface area contributed by atoms with Crippen LogP contribution in [0.4, 0.5) is 10.1 Å². The second kappa shape index (κ2) is 9.75. The van der Waals surface area contributed by atoms with Gasteiger partial charge in [-0.15, -0.1) is 0 Å². The number of aromatic nitrogens is 2. The van der Waals surface area contributed by atoms with E-state index < -0.39 is 5.82 Å². The Bertz CT molecular complexity index is 981. The Morgan fingerprint density at radius 2 is 1.90 bits per heavy atom. The molecule has 0 spiro atoms. The monoisotopic (exact) mass is 393 g/mol. The predicted octanol–water partition coefficient (Wildman–Crippen LogP) is 3.66. The molecule has 3 aromatic rings. The maximum atomic E-state index is 14.0. The number of nitrogen functional groups attached to an aromatic ring is 1. The standard InChI is InChI=1S/C18H15FN4O.C4H9N/c1-24-17-6-7-22-9-13(17)16-8-12(15(20)10-23-16)18(21)11-4-2-3-5-14(11)19;1-2-4-5-3-1/h2-10,21H,20H2,1H3;5H,1-4H2. The lowest BCUT2D eigenvalue weighted by molar-refractivity contribution is 0.416. The first-order chi connectivity index (χ1) is 14.1. The van der Waals surface area contributed by atoms with E-state index in [2.05, 4.69) is 15.3 Å². The van der Waals surface area contributed by atoms with E-state index >= 15 is 0 Å². The Balaban J connectivity index is 0.000000419. The van der Waals surface area contributed by atoms with E-state index in [0.717, 1.165) is 0 Å². The molecule has 1 aliphatic rings. The van der Waals surface area contributed by atoms with E-state index in [1.54, 1.807) is 49.8 Å². The molecule has 29 heavy (non-hydrogen) atoms. The fraction of sp³-hybridized carbons (Fsp3) is 0.227. The third kappa shape index (κ3) is 4.94. The maximum Gasteiger partial charge on any atom is 0.132 e. The van der Waals surface area contributed by atoms with Gasteiger partial charge >= 0.3 is 0 Å². The van der Waals surface area contributed by atoms with Crippen LogP contribution < -0.4 is 15.8 Å². The first-order valence-electron chi connectivity index (χ1n) is 9.40. The summed E-state index contributed by atoms with van der Waals surface area (Å²) in [5.41, 5.74) is 8.05. The molecule has 0 unspecified atom stereocenters. The van der Waals surface area contributed by atoms with E-state index in [9.17, 15) is 4.39 Å². The van der Waals surface area contributed by atoms with Gasteiger partial charge < -0.3 is 15.8 Å². The molecule has 1 aromatic carbocycles. The molecule has 4 N–H and O–H groups in total. The number of halogens is 1. The molecule has 6 nitrogen and oxygen atoms in total. The van der Waals surface area contributed by atoms with Crippen LogP contribution in [0.25, 0.3) is 11.3 Å². The third-order valence-electron chi connectivity index (χ3n) is 4.58. The molecular formula is C22H24FN5O. The van der Waals surface area contributed by atoms with Crippen LogP contribution in [0.1, 0.15) is 24.0 Å². The minimum Gasteiger partial charge on any atom is -0.496 e. The molecule has 0 bridgehead atoms. The molecule has 1 aliphatic heterocycles. The quantitative estimate of drug-likeness (QED) is 0.588. The topological polar surface area (TPSA) is 96.9 Å². The van der Waals surface area contributed by atoms with Crippen LogP contribution in [0.2, 0.25) is 0 Å². The highest BCUT2D eigenvalue weighted by Gasteiger charge is 2.15. The summed E-state index contributed by atoms with van der Waals surface area (Å²) in [4.78, 5) is 8.35. The highest BCUT2D eigenvalue weighted by Crippen LogP contribution is 2.29. The maximum absolute atomic E-state index is 14.0. The van der Waals surface area contributed by atoms with Gasteiger partial charge in [0.2, 0.25) is 0 Å². The van der Waals surface area contributed by atoms with Crippen LogP contribution in [0.3, 0.4) is 0 Å². The molecule has 4 rings (SSSR count). The lowest BCUT2D eigenvalue weighted by atomic mass is 9.99. The average Bonchev–Trinajstić information content (AvgIpc) is 3.34. The molecule has 1 saturated heterocycles. The van der Waals surface area contributed by atoms with Crippen LogP contribution >= 0.6 is 0 Å². The van der Waals surface area contributed by atoms with Gasteiger partial charge in [-0.25, -0.2) is 4.39 Å². The Morgan fingerprint density at radius 1 is 1.14 bits per heavy atom. The first-order valence-corrected chi connectivity index (χ1v) is 9.40. The average molecular weight is 393 g/mol. The summed E-state index contributed by atoms with van der Waals surface area (Å²) in [6.45, 7) is 2.50. The van der Waals surface area contributed by atoms with Crippen LogP contribution in [0.15, 0.2) is 55.0 Å². The number of nitrogens with zero attached hydrogens (tertiary/aromatic N) is 2. The number of pyridine rings is 2. The van der Waals surface area contributed by atoms with Gasteiger partial charge in [0.15, 0.2) is 0 Å². The minimum atomic E-state index is -0.473. The molecule has 2 aromatic heterocycles. The normalized spacial score (nSPS) is 12.8. The Kier molecular flexibility index (Phi) is 6.86. The Morgan fingerprint density at radius 3 is 2.55 bits per heavy atom. The van der Waals surface area contributed by atoms with E-state index in [-0.39, 0.29) is 11.3 Å². The number of anilines is 1. The number of nitrogens with two attached hydrogens (primary N) is 1. The van der Waals surface area contributed by atoms with Gasteiger partial charge in [0.25, 0.3) is 0 Å². The second-order valence-corrected chi connectivity index (χ2v) is 6.54. The number of nitrogens with one attached hydrogen (secondary N) is 2. The van der Waals surface area contributed by atoms with Gasteiger partial charge in [-0.2, -0.15) is 0 Å². The number of hydrogen-bond donors (Lipinski definition) is 3. The summed E-state index contributed by atoms with van der Waals surface area (Å²) in [7, 11) is 1.55. The van der Waals surface area contributed by atoms with Gasteiger partial charge in [0.1, 0.15) is 11.6 Å². The third-order valence-corrected chi connectivity index (χ3v) is 4.58. The minimum absolute atomic E-state index is 0.00268. The number of benzene rings is 1. The lowest BCUT2D eigenvalue weighted by Crippen LogP contribution is -2.08. The number of ether oxygens (including phenoxy) is 1. The summed E-state index contributed by atoms with van der Waals surface area (Å²) < 4.78 is 19.3. The predicted molar refractivity (Wildman–Crippen MR) is 113 cm³/mol. The van der Waals surface area contributed by atoms with Gasteiger partial charge in [-0.3, -0.25) is 15.4 Å². The van der Waals surface area contributed by atoms with Gasteiger partial charge in [0.05, 0.1) is 36.0 Å². The van der Waals surface area contributed by atoms with Crippen molar-refractivity contribution in [2.75, 3.05) is 25.9 Å². The van der Waals surface area contributed by atoms with Crippen molar-refractivity contribution in [2.24, 2.45) is 0 Å². The number of methoxy groups -OCH3 is 1. The fourth-order valence-electron chi connectivity index (χ4n) is 3.02. The van der Waals surface area contributed by atoms with Crippen molar-refractivity contribution < 1.29 is 9.13 Å². The molecule has 0 radical (unpaired) electrons. The molecule has 1 fully saturated rings. The molecule has 0 saturated carbocycles. The molecule has 7 heteroatoms. The number of rotatable bonds is 4. The smallest absolute Gasteiger partial charge is 0.132 e. The summed E-state index contributed by atoms with van der Waals surface area (Å²) >= 11 is 0. The second-order valence-electron chi connectivity index (χ2n) is 6.54. The SMILES string of the molecule is C1CCNC1.COc1ccncc1-c1cc(C(=N)c2ccccc2F)c(N)cn1. The van der Waals surface area contributed by atoms with Gasteiger partial charge in [0, 0.05) is 23.5 Å². The van der Waals surface area contributed by atoms with Crippen LogP contribution in [0.5, 0.6) is 5.75 Å². The fourth-order valence-corrected chi connectivity index (χ4v) is 3.02. The molecule has 150 valence electrons. The zero-order valence-electron chi connectivity index (χ0n) is 16.3. The van der Waals surface area contributed by atoms with Crippen molar-refractivity contribution in [2.45, 2.75) is 12.8 Å². The van der Waals surface area contributed by atoms with E-state index in [1.807, 2.05) is 0 Å². The van der Waals surface area contributed by atoms with E-state index in [4.69, 9.17) is 15.9 Å². The van der Waals surface area contributed by atoms with Gasteiger partial charge in [-0.1, -0.05) is 12.1 Å². The zero-order chi connectivity index (χ0) is 20.6. The van der Waals surface area contributed by atoms with Crippen molar-refractivity contribution in [3.63, 3.8) is 0 Å². The van der Waals surface area contributed by atoms with Crippen molar-refractivity contribution >= 4 is 11.4 Å². The van der Waals surface area contributed by atoms with Crippen LogP contribution in [-0.4, -0.2) is 35.9 Å². The Labute approximate surface area is 169 Å². The summed E-state index contributed by atoms with van der Waals surface area (Å²) in [6.07, 6.45) is 7.46.